The van der Waals surface area contributed by atoms with Gasteiger partial charge in [0.2, 0.25) is 6.79 Å². The average molecular weight is 786 g/mol. The topological polar surface area (TPSA) is 259 Å². The molecule has 3 heterocycles. The van der Waals surface area contributed by atoms with Crippen molar-refractivity contribution in [2.24, 2.45) is 17.8 Å². The zero-order valence-electron chi connectivity index (χ0n) is 33.0. The van der Waals surface area contributed by atoms with Gasteiger partial charge in [-0.2, -0.15) is 0 Å². The van der Waals surface area contributed by atoms with Crippen molar-refractivity contribution in [3.63, 3.8) is 0 Å². The number of ether oxygens (including phenoxy) is 4. The van der Waals surface area contributed by atoms with Crippen molar-refractivity contribution in [1.82, 2.24) is 0 Å². The molecule has 0 saturated carbocycles. The lowest BCUT2D eigenvalue weighted by atomic mass is 9.74. The highest BCUT2D eigenvalue weighted by atomic mass is 16.7. The predicted octanol–water partition coefficient (Wildman–Crippen LogP) is 2.22. The Morgan fingerprint density at radius 1 is 0.875 bits per heavy atom. The van der Waals surface area contributed by atoms with Gasteiger partial charge >= 0.3 is 11.9 Å². The van der Waals surface area contributed by atoms with Gasteiger partial charge in [0.05, 0.1) is 48.3 Å². The lowest BCUT2D eigenvalue weighted by molar-refractivity contribution is -0.171. The van der Waals surface area contributed by atoms with Crippen molar-refractivity contribution < 1.29 is 73.9 Å². The third kappa shape index (κ3) is 8.03. The van der Waals surface area contributed by atoms with Crippen molar-refractivity contribution in [3.8, 4) is 11.5 Å². The van der Waals surface area contributed by atoms with Gasteiger partial charge in [0.15, 0.2) is 11.5 Å². The second-order valence-electron chi connectivity index (χ2n) is 15.0. The van der Waals surface area contributed by atoms with Crippen molar-refractivity contribution in [2.45, 2.75) is 97.9 Å². The number of aliphatic hydroxyl groups is 6. The van der Waals surface area contributed by atoms with Gasteiger partial charge in [0.1, 0.15) is 34.4 Å². The van der Waals surface area contributed by atoms with Crippen molar-refractivity contribution in [2.75, 3.05) is 19.2 Å². The highest BCUT2D eigenvalue weighted by molar-refractivity contribution is 6.21. The van der Waals surface area contributed by atoms with Crippen LogP contribution < -0.4 is 10.1 Å². The summed E-state index contributed by atoms with van der Waals surface area (Å²) in [5.74, 6) is -8.84. The number of esters is 2. The van der Waals surface area contributed by atoms with Crippen LogP contribution in [-0.2, 0) is 28.6 Å². The predicted molar refractivity (Wildman–Crippen MR) is 200 cm³/mol. The quantitative estimate of drug-likeness (QED) is 0.122. The number of nitrogens with one attached hydrogen (secondary N) is 1. The molecule has 16 nitrogen and oxygen atoms in total. The van der Waals surface area contributed by atoms with Crippen LogP contribution in [0.15, 0.2) is 52.5 Å². The molecule has 0 spiro atoms. The Balaban J connectivity index is 2.08. The molecule has 0 saturated heterocycles. The Morgan fingerprint density at radius 3 is 1.98 bits per heavy atom. The molecule has 3 aliphatic heterocycles. The number of hydrogen-bond donors (Lipinski definition) is 8. The second kappa shape index (κ2) is 16.3. The number of allylic oxidation sites excluding steroid dienone is 5. The summed E-state index contributed by atoms with van der Waals surface area (Å²) in [6, 6.07) is 0. The number of rotatable bonds is 2. The van der Waals surface area contributed by atoms with Gasteiger partial charge in [-0.15, -0.1) is 0 Å². The van der Waals surface area contributed by atoms with Gasteiger partial charge in [-0.1, -0.05) is 32.1 Å². The molecule has 1 aromatic rings. The summed E-state index contributed by atoms with van der Waals surface area (Å²) in [5.41, 5.74) is -4.84. The van der Waals surface area contributed by atoms with Gasteiger partial charge < -0.3 is 60.0 Å². The summed E-state index contributed by atoms with van der Waals surface area (Å²) in [6.45, 7) is 11.5. The summed E-state index contributed by atoms with van der Waals surface area (Å²) in [6.07, 6.45) is -2.56. The fourth-order valence-corrected chi connectivity index (χ4v) is 7.31. The van der Waals surface area contributed by atoms with Crippen LogP contribution in [-0.4, -0.2) is 109 Å². The van der Waals surface area contributed by atoms with Crippen molar-refractivity contribution >= 4 is 34.9 Å². The van der Waals surface area contributed by atoms with Crippen LogP contribution in [0.3, 0.4) is 0 Å². The zero-order chi connectivity index (χ0) is 42.4. The molecule has 16 heteroatoms. The summed E-state index contributed by atoms with van der Waals surface area (Å²) in [5, 5.41) is 82.9. The molecule has 0 radical (unpaired) electrons. The van der Waals surface area contributed by atoms with Crippen LogP contribution in [0.25, 0.3) is 5.57 Å². The first-order chi connectivity index (χ1) is 25.9. The number of fused-ring (bicyclic) bond motifs is 14. The molecule has 8 N–H and O–H groups in total. The molecule has 9 atom stereocenters. The number of ketones is 1. The van der Waals surface area contributed by atoms with Crippen LogP contribution in [0.2, 0.25) is 0 Å². The van der Waals surface area contributed by atoms with Crippen LogP contribution in [0, 0.1) is 24.7 Å². The molecule has 1 amide bonds. The maximum Gasteiger partial charge on any atom is 0.313 e. The molecular formula is C40H51NO15. The lowest BCUT2D eigenvalue weighted by Crippen LogP contribution is -2.54. The van der Waals surface area contributed by atoms with E-state index in [9.17, 15) is 54.9 Å². The molecule has 5 rings (SSSR count). The number of phenols is 1. The smallest absolute Gasteiger partial charge is 0.313 e. The summed E-state index contributed by atoms with van der Waals surface area (Å²) in [4.78, 5) is 53.1. The number of methoxy groups -OCH3 is 1. The average Bonchev–Trinajstić information content (AvgIpc) is 3.13. The Labute approximate surface area is 324 Å². The highest BCUT2D eigenvalue weighted by Gasteiger charge is 2.48. The Bertz CT molecular complexity index is 1970. The van der Waals surface area contributed by atoms with E-state index >= 15 is 0 Å². The van der Waals surface area contributed by atoms with Gasteiger partial charge in [-0.05, 0) is 53.2 Å². The van der Waals surface area contributed by atoms with E-state index in [1.807, 2.05) is 0 Å². The highest BCUT2D eigenvalue weighted by Crippen LogP contribution is 2.53. The number of Topliss-reactive ketones (excluding diaryl/α,β-unsaturated/α-hetero) is 1. The fraction of sp³-hybridized carbons (Fsp3) is 0.500. The van der Waals surface area contributed by atoms with Gasteiger partial charge in [0.25, 0.3) is 5.91 Å². The van der Waals surface area contributed by atoms with Crippen molar-refractivity contribution in [3.05, 3.63) is 69.2 Å². The summed E-state index contributed by atoms with van der Waals surface area (Å²) in [7, 11) is 1.01. The number of carbonyl (C=O) groups excluding carboxylic acids is 4. The molecule has 306 valence electrons. The van der Waals surface area contributed by atoms with Crippen LogP contribution in [0.5, 0.6) is 11.5 Å². The minimum Gasteiger partial charge on any atom is -0.505 e. The zero-order valence-corrected chi connectivity index (χ0v) is 33.0. The molecular weight excluding hydrogens is 734 g/mol. The number of aliphatic hydroxyl groups excluding tert-OH is 4. The van der Waals surface area contributed by atoms with E-state index in [0.717, 1.165) is 20.1 Å². The van der Waals surface area contributed by atoms with Gasteiger partial charge in [0, 0.05) is 41.0 Å². The third-order valence-electron chi connectivity index (χ3n) is 10.7. The summed E-state index contributed by atoms with van der Waals surface area (Å²) >= 11 is 0. The Hall–Kier alpha value is -4.84. The minimum absolute atomic E-state index is 0.00246. The first-order valence-corrected chi connectivity index (χ1v) is 17.9. The Morgan fingerprint density at radius 2 is 1.43 bits per heavy atom. The maximum atomic E-state index is 14.0. The van der Waals surface area contributed by atoms with E-state index in [1.165, 1.54) is 73.6 Å². The van der Waals surface area contributed by atoms with Crippen LogP contribution in [0.1, 0.15) is 76.9 Å². The SMILES string of the molecule is COC(=O)C1C(O)C(C)C(O)C(C)(O)C=CC=C(C)C(=O)Nc2c(C)c(OC(C)=O)c3c(c2O)C(=O)C(C)=C2OCOC(=C23)C(C)=CC(C)(O)C(O)C(C)C1O. The minimum atomic E-state index is -2.22. The molecule has 9 unspecified atom stereocenters. The fourth-order valence-electron chi connectivity index (χ4n) is 7.31. The van der Waals surface area contributed by atoms with Gasteiger partial charge in [-0.25, -0.2) is 0 Å². The Kier molecular flexibility index (Phi) is 12.8. The van der Waals surface area contributed by atoms with Gasteiger partial charge in [-0.3, -0.25) is 19.2 Å². The summed E-state index contributed by atoms with van der Waals surface area (Å²) < 4.78 is 22.2. The number of hydrogen-bond acceptors (Lipinski definition) is 15. The molecule has 1 aromatic carbocycles. The second-order valence-corrected chi connectivity index (χ2v) is 15.0. The molecule has 0 aromatic heterocycles. The van der Waals surface area contributed by atoms with E-state index in [-0.39, 0.29) is 61.9 Å². The van der Waals surface area contributed by atoms with E-state index in [0.29, 0.717) is 0 Å². The van der Waals surface area contributed by atoms with Crippen LogP contribution >= 0.6 is 0 Å². The normalized spacial score (nSPS) is 31.8. The van der Waals surface area contributed by atoms with E-state index in [4.69, 9.17) is 18.9 Å². The first kappa shape index (κ1) is 43.9. The number of aromatic hydroxyl groups is 1. The molecule has 4 aliphatic rings. The first-order valence-electron chi connectivity index (χ1n) is 17.9. The standard InChI is InChI=1S/C40H51NO15/c1-16-12-11-13-39(8,51)35(47)20(5)29(44)26(38(50)53-10)30(45)21(6)36(48)40(9,52)14-17(2)32-25-23-24(28(43)19(4)33(25)55-15-54-32)31(46)27(41-37(16)49)18(3)34(23)56-22(7)42/h11-14,20-21,26,29-30,35-36,44-48,51-52H,15H2,1-10H3,(H,41,49). The van der Waals surface area contributed by atoms with E-state index in [2.05, 4.69) is 5.32 Å². The van der Waals surface area contributed by atoms with E-state index in [1.54, 1.807) is 0 Å². The lowest BCUT2D eigenvalue weighted by Gasteiger charge is -2.40. The maximum absolute atomic E-state index is 14.0. The number of phenolic OH excluding ortho intramolecular Hbond substituents is 1. The van der Waals surface area contributed by atoms with E-state index < -0.39 is 89.5 Å². The third-order valence-corrected chi connectivity index (χ3v) is 10.7. The number of benzene rings is 1. The number of anilines is 1. The largest absolute Gasteiger partial charge is 0.505 e. The number of amides is 1. The molecule has 56 heavy (non-hydrogen) atoms. The number of carbonyl (C=O) groups is 4. The molecule has 0 fully saturated rings. The molecule has 4 bridgehead atoms. The monoisotopic (exact) mass is 785 g/mol. The van der Waals surface area contributed by atoms with Crippen LogP contribution in [0.4, 0.5) is 5.69 Å². The van der Waals surface area contributed by atoms with Crippen molar-refractivity contribution in [1.29, 1.82) is 0 Å². The molecule has 1 aliphatic carbocycles.